The number of rotatable bonds is 11. The van der Waals surface area contributed by atoms with E-state index in [2.05, 4.69) is 55.2 Å². The van der Waals surface area contributed by atoms with Crippen molar-refractivity contribution in [1.29, 1.82) is 0 Å². The van der Waals surface area contributed by atoms with Gasteiger partial charge in [0.1, 0.15) is 5.82 Å². The van der Waals surface area contributed by atoms with Gasteiger partial charge in [-0.25, -0.2) is 4.39 Å². The number of fused-ring (bicyclic) bond motifs is 1. The van der Waals surface area contributed by atoms with E-state index in [0.29, 0.717) is 18.0 Å². The van der Waals surface area contributed by atoms with Crippen molar-refractivity contribution < 1.29 is 9.18 Å². The molecule has 2 nitrogen and oxygen atoms in total. The van der Waals surface area contributed by atoms with Crippen LogP contribution in [-0.2, 0) is 11.2 Å². The molecule has 0 bridgehead atoms. The van der Waals surface area contributed by atoms with Gasteiger partial charge in [0.05, 0.1) is 0 Å². The van der Waals surface area contributed by atoms with Crippen LogP contribution in [0.4, 0.5) is 4.39 Å². The van der Waals surface area contributed by atoms with Crippen molar-refractivity contribution in [3.05, 3.63) is 84.2 Å². The van der Waals surface area contributed by atoms with Crippen LogP contribution in [0, 0.1) is 11.7 Å². The first-order valence-electron chi connectivity index (χ1n) is 13.8. The molecule has 0 atom stereocenters. The molecule has 0 spiro atoms. The summed E-state index contributed by atoms with van der Waals surface area (Å²) in [6, 6.07) is 18.5. The number of carbonyl (C=O) groups is 1. The summed E-state index contributed by atoms with van der Waals surface area (Å²) in [5.41, 5.74) is 4.00. The third-order valence-electron chi connectivity index (χ3n) is 7.87. The number of unbranched alkanes of at least 4 members (excludes halogenated alkanes) is 2. The largest absolute Gasteiger partial charge is 0.353 e. The lowest BCUT2D eigenvalue weighted by Gasteiger charge is -2.29. The summed E-state index contributed by atoms with van der Waals surface area (Å²) >= 11 is 0. The van der Waals surface area contributed by atoms with E-state index >= 15 is 4.39 Å². The van der Waals surface area contributed by atoms with E-state index in [9.17, 15) is 4.79 Å². The number of aryl methyl sites for hydroxylation is 1. The Morgan fingerprint density at radius 1 is 0.972 bits per heavy atom. The van der Waals surface area contributed by atoms with Crippen LogP contribution in [0.1, 0.15) is 81.8 Å². The minimum atomic E-state index is -0.133. The fraction of sp³-hybridized carbons (Fsp3) is 0.424. The predicted molar refractivity (Wildman–Crippen MR) is 150 cm³/mol. The fourth-order valence-corrected chi connectivity index (χ4v) is 5.68. The van der Waals surface area contributed by atoms with Gasteiger partial charge in [0, 0.05) is 12.1 Å². The van der Waals surface area contributed by atoms with Gasteiger partial charge in [-0.05, 0) is 96.0 Å². The molecule has 1 aliphatic carbocycles. The Morgan fingerprint density at radius 2 is 1.75 bits per heavy atom. The predicted octanol–water partition coefficient (Wildman–Crippen LogP) is 8.73. The van der Waals surface area contributed by atoms with Crippen LogP contribution in [0.5, 0.6) is 0 Å². The first kappa shape index (κ1) is 26.1. The fourth-order valence-electron chi connectivity index (χ4n) is 5.68. The normalized spacial score (nSPS) is 17.7. The molecule has 0 unspecified atom stereocenters. The number of hydrogen-bond donors (Lipinski definition) is 1. The molecule has 3 heteroatoms. The zero-order valence-corrected chi connectivity index (χ0v) is 21.7. The van der Waals surface area contributed by atoms with E-state index in [-0.39, 0.29) is 11.7 Å². The lowest BCUT2D eigenvalue weighted by molar-refractivity contribution is -0.116. The van der Waals surface area contributed by atoms with Crippen LogP contribution in [0.2, 0.25) is 0 Å². The van der Waals surface area contributed by atoms with Gasteiger partial charge >= 0.3 is 0 Å². The lowest BCUT2D eigenvalue weighted by Crippen LogP contribution is -2.22. The molecule has 0 radical (unpaired) electrons. The summed E-state index contributed by atoms with van der Waals surface area (Å²) in [4.78, 5) is 11.3. The smallest absolute Gasteiger partial charge is 0.243 e. The molecule has 0 heterocycles. The number of benzene rings is 3. The van der Waals surface area contributed by atoms with Gasteiger partial charge in [-0.2, -0.15) is 0 Å². The van der Waals surface area contributed by atoms with Crippen LogP contribution in [-0.4, -0.2) is 12.5 Å². The Morgan fingerprint density at radius 3 is 2.50 bits per heavy atom. The molecule has 190 valence electrons. The van der Waals surface area contributed by atoms with E-state index in [1.54, 1.807) is 6.07 Å². The SMILES string of the molecule is C=CC(=O)NCCCc1ccc2cc(-c3ccc(C4CCC(CCCCC)CC4)cc3F)ccc2c1. The Balaban J connectivity index is 1.38. The molecule has 3 aromatic rings. The van der Waals surface area contributed by atoms with Crippen molar-refractivity contribution >= 4 is 16.7 Å². The molecule has 3 aromatic carbocycles. The van der Waals surface area contributed by atoms with Gasteiger partial charge in [0.2, 0.25) is 5.91 Å². The van der Waals surface area contributed by atoms with Gasteiger partial charge in [-0.15, -0.1) is 0 Å². The van der Waals surface area contributed by atoms with Gasteiger partial charge < -0.3 is 5.32 Å². The van der Waals surface area contributed by atoms with E-state index in [1.807, 2.05) is 12.1 Å². The maximum atomic E-state index is 15.3. The zero-order valence-electron chi connectivity index (χ0n) is 21.7. The molecular formula is C33H40FNO. The average Bonchev–Trinajstić information content (AvgIpc) is 2.91. The first-order chi connectivity index (χ1) is 17.6. The van der Waals surface area contributed by atoms with E-state index in [0.717, 1.165) is 40.7 Å². The third kappa shape index (κ3) is 6.84. The van der Waals surface area contributed by atoms with Crippen LogP contribution < -0.4 is 5.32 Å². The molecule has 0 saturated heterocycles. The van der Waals surface area contributed by atoms with Crippen LogP contribution in [0.15, 0.2) is 67.3 Å². The van der Waals surface area contributed by atoms with Crippen LogP contribution in [0.3, 0.4) is 0 Å². The third-order valence-corrected chi connectivity index (χ3v) is 7.87. The maximum Gasteiger partial charge on any atom is 0.243 e. The molecule has 1 fully saturated rings. The summed E-state index contributed by atoms with van der Waals surface area (Å²) in [6.07, 6.45) is 13.4. The number of carbonyl (C=O) groups excluding carboxylic acids is 1. The Kier molecular flexibility index (Phi) is 9.33. The topological polar surface area (TPSA) is 29.1 Å². The summed E-state index contributed by atoms with van der Waals surface area (Å²) in [6.45, 7) is 6.37. The van der Waals surface area contributed by atoms with E-state index in [1.165, 1.54) is 63.0 Å². The molecule has 0 aliphatic heterocycles. The van der Waals surface area contributed by atoms with Gasteiger partial charge in [0.25, 0.3) is 0 Å². The zero-order chi connectivity index (χ0) is 25.3. The molecule has 1 saturated carbocycles. The van der Waals surface area contributed by atoms with Crippen molar-refractivity contribution in [2.75, 3.05) is 6.54 Å². The van der Waals surface area contributed by atoms with Crippen molar-refractivity contribution in [1.82, 2.24) is 5.32 Å². The second-order valence-electron chi connectivity index (χ2n) is 10.4. The molecule has 1 aliphatic rings. The van der Waals surface area contributed by atoms with Crippen molar-refractivity contribution in [3.63, 3.8) is 0 Å². The quantitative estimate of drug-likeness (QED) is 0.213. The van der Waals surface area contributed by atoms with Gasteiger partial charge in [-0.3, -0.25) is 4.79 Å². The molecule has 36 heavy (non-hydrogen) atoms. The number of nitrogens with one attached hydrogen (secondary N) is 1. The molecule has 0 aromatic heterocycles. The van der Waals surface area contributed by atoms with Crippen LogP contribution >= 0.6 is 0 Å². The average molecular weight is 486 g/mol. The highest BCUT2D eigenvalue weighted by Crippen LogP contribution is 2.39. The van der Waals surface area contributed by atoms with Gasteiger partial charge in [-0.1, -0.05) is 81.7 Å². The molecule has 4 rings (SSSR count). The standard InChI is InChI=1S/C33H40FNO/c1-3-5-6-8-24-10-13-26(14-11-24)29-18-19-31(32(34)23-29)30-17-16-27-21-25(12-15-28(27)22-30)9-7-20-35-33(36)4-2/h4,12,15-19,21-24,26H,2-3,5-11,13-14,20H2,1H3,(H,35,36). The second kappa shape index (κ2) is 12.9. The minimum Gasteiger partial charge on any atom is -0.353 e. The highest BCUT2D eigenvalue weighted by Gasteiger charge is 2.23. The monoisotopic (exact) mass is 485 g/mol. The minimum absolute atomic E-state index is 0.116. The second-order valence-corrected chi connectivity index (χ2v) is 10.4. The number of hydrogen-bond acceptors (Lipinski definition) is 1. The first-order valence-corrected chi connectivity index (χ1v) is 13.8. The summed E-state index contributed by atoms with van der Waals surface area (Å²) in [5, 5.41) is 5.08. The van der Waals surface area contributed by atoms with E-state index in [4.69, 9.17) is 0 Å². The lowest BCUT2D eigenvalue weighted by atomic mass is 9.77. The van der Waals surface area contributed by atoms with Crippen molar-refractivity contribution in [3.8, 4) is 11.1 Å². The molecular weight excluding hydrogens is 445 g/mol. The number of amides is 1. The van der Waals surface area contributed by atoms with Crippen molar-refractivity contribution in [2.45, 2.75) is 77.0 Å². The Hall–Kier alpha value is -2.94. The molecule has 1 amide bonds. The maximum absolute atomic E-state index is 15.3. The highest BCUT2D eigenvalue weighted by molar-refractivity contribution is 5.88. The highest BCUT2D eigenvalue weighted by atomic mass is 19.1. The summed E-state index contributed by atoms with van der Waals surface area (Å²) in [5.74, 6) is 1.12. The Bertz CT molecular complexity index is 1180. The number of halogens is 1. The summed E-state index contributed by atoms with van der Waals surface area (Å²) < 4.78 is 15.3. The van der Waals surface area contributed by atoms with Gasteiger partial charge in [0.15, 0.2) is 0 Å². The van der Waals surface area contributed by atoms with Crippen LogP contribution in [0.25, 0.3) is 21.9 Å². The molecule has 1 N–H and O–H groups in total. The van der Waals surface area contributed by atoms with Crippen molar-refractivity contribution in [2.24, 2.45) is 5.92 Å². The summed E-state index contributed by atoms with van der Waals surface area (Å²) in [7, 11) is 0. The Labute approximate surface area is 216 Å². The van der Waals surface area contributed by atoms with E-state index < -0.39 is 0 Å².